The number of hydrogen-bond donors (Lipinski definition) is 2. The Morgan fingerprint density at radius 2 is 2.00 bits per heavy atom. The summed E-state index contributed by atoms with van der Waals surface area (Å²) in [5.41, 5.74) is 8.41. The summed E-state index contributed by atoms with van der Waals surface area (Å²) in [4.78, 5) is 2.19. The molecule has 3 nitrogen and oxygen atoms in total. The SMILES string of the molecule is CN(C)Cc1ccccc1NC1CC(N)C1. The third kappa shape index (κ3) is 2.74. The molecule has 0 saturated heterocycles. The van der Waals surface area contributed by atoms with Crippen molar-refractivity contribution >= 4 is 5.69 Å². The summed E-state index contributed by atoms with van der Waals surface area (Å²) in [5.74, 6) is 0. The average Bonchev–Trinajstić information content (AvgIpc) is 2.17. The molecule has 2 rings (SSSR count). The molecule has 3 N–H and O–H groups in total. The lowest BCUT2D eigenvalue weighted by atomic mass is 9.87. The second-order valence-corrected chi connectivity index (χ2v) is 4.97. The van der Waals surface area contributed by atoms with Crippen LogP contribution in [0, 0.1) is 0 Å². The molecule has 0 amide bonds. The Morgan fingerprint density at radius 1 is 1.31 bits per heavy atom. The average molecular weight is 219 g/mol. The van der Waals surface area contributed by atoms with Crippen LogP contribution in [0.1, 0.15) is 18.4 Å². The van der Waals surface area contributed by atoms with Gasteiger partial charge in [0.05, 0.1) is 0 Å². The van der Waals surface area contributed by atoms with E-state index in [-0.39, 0.29) is 0 Å². The summed E-state index contributed by atoms with van der Waals surface area (Å²) in [6.45, 7) is 0.974. The molecule has 0 heterocycles. The van der Waals surface area contributed by atoms with E-state index in [1.807, 2.05) is 0 Å². The molecule has 88 valence electrons. The summed E-state index contributed by atoms with van der Waals surface area (Å²) in [6.07, 6.45) is 2.19. The molecule has 16 heavy (non-hydrogen) atoms. The zero-order valence-electron chi connectivity index (χ0n) is 10.1. The fourth-order valence-electron chi connectivity index (χ4n) is 2.14. The molecule has 0 bridgehead atoms. The minimum Gasteiger partial charge on any atom is -0.382 e. The Hall–Kier alpha value is -1.06. The highest BCUT2D eigenvalue weighted by Crippen LogP contribution is 2.25. The number of anilines is 1. The van der Waals surface area contributed by atoms with Gasteiger partial charge in [-0.05, 0) is 38.6 Å². The van der Waals surface area contributed by atoms with E-state index in [0.717, 1.165) is 19.4 Å². The number of rotatable bonds is 4. The number of benzene rings is 1. The van der Waals surface area contributed by atoms with Crippen LogP contribution in [0.2, 0.25) is 0 Å². The molecule has 1 aromatic carbocycles. The van der Waals surface area contributed by atoms with Crippen LogP contribution in [0.5, 0.6) is 0 Å². The maximum absolute atomic E-state index is 5.79. The number of nitrogens with one attached hydrogen (secondary N) is 1. The molecule has 0 atom stereocenters. The maximum Gasteiger partial charge on any atom is 0.0388 e. The topological polar surface area (TPSA) is 41.3 Å². The summed E-state index contributed by atoms with van der Waals surface area (Å²) in [5, 5.41) is 3.58. The molecule has 0 unspecified atom stereocenters. The lowest BCUT2D eigenvalue weighted by Gasteiger charge is -2.34. The summed E-state index contributed by atoms with van der Waals surface area (Å²) >= 11 is 0. The van der Waals surface area contributed by atoms with E-state index >= 15 is 0 Å². The highest BCUT2D eigenvalue weighted by Gasteiger charge is 2.25. The van der Waals surface area contributed by atoms with Crippen LogP contribution < -0.4 is 11.1 Å². The van der Waals surface area contributed by atoms with Gasteiger partial charge in [-0.3, -0.25) is 0 Å². The molecule has 0 radical (unpaired) electrons. The van der Waals surface area contributed by atoms with Gasteiger partial charge in [0.25, 0.3) is 0 Å². The highest BCUT2D eigenvalue weighted by atomic mass is 15.1. The Kier molecular flexibility index (Phi) is 3.46. The van der Waals surface area contributed by atoms with Gasteiger partial charge in [0.2, 0.25) is 0 Å². The zero-order chi connectivity index (χ0) is 11.5. The highest BCUT2D eigenvalue weighted by molar-refractivity contribution is 5.52. The van der Waals surface area contributed by atoms with Gasteiger partial charge in [0, 0.05) is 24.3 Å². The molecule has 3 heteroatoms. The van der Waals surface area contributed by atoms with Gasteiger partial charge < -0.3 is 16.0 Å². The van der Waals surface area contributed by atoms with Crippen molar-refractivity contribution in [2.75, 3.05) is 19.4 Å². The first kappa shape index (κ1) is 11.4. The number of para-hydroxylation sites is 1. The maximum atomic E-state index is 5.79. The predicted molar refractivity (Wildman–Crippen MR) is 68.5 cm³/mol. The normalized spacial score (nSPS) is 24.2. The van der Waals surface area contributed by atoms with Crippen LogP contribution in [-0.2, 0) is 6.54 Å². The van der Waals surface area contributed by atoms with E-state index in [4.69, 9.17) is 5.73 Å². The van der Waals surface area contributed by atoms with Crippen LogP contribution >= 0.6 is 0 Å². The van der Waals surface area contributed by atoms with Gasteiger partial charge in [-0.2, -0.15) is 0 Å². The van der Waals surface area contributed by atoms with Crippen molar-refractivity contribution in [1.82, 2.24) is 4.90 Å². The molecular weight excluding hydrogens is 198 g/mol. The Bertz CT molecular complexity index is 343. The van der Waals surface area contributed by atoms with Crippen molar-refractivity contribution in [2.24, 2.45) is 5.73 Å². The molecule has 0 aliphatic heterocycles. The molecular formula is C13H21N3. The van der Waals surface area contributed by atoms with Crippen LogP contribution in [0.15, 0.2) is 24.3 Å². The second-order valence-electron chi connectivity index (χ2n) is 4.97. The van der Waals surface area contributed by atoms with Gasteiger partial charge in [0.15, 0.2) is 0 Å². The molecule has 0 aromatic heterocycles. The first-order valence-corrected chi connectivity index (χ1v) is 5.90. The quantitative estimate of drug-likeness (QED) is 0.809. The van der Waals surface area contributed by atoms with Crippen molar-refractivity contribution < 1.29 is 0 Å². The smallest absolute Gasteiger partial charge is 0.0388 e. The minimum atomic E-state index is 0.401. The monoisotopic (exact) mass is 219 g/mol. The molecule has 0 spiro atoms. The van der Waals surface area contributed by atoms with Crippen molar-refractivity contribution in [3.05, 3.63) is 29.8 Å². The Balaban J connectivity index is 2.01. The molecule has 1 aliphatic rings. The van der Waals surface area contributed by atoms with E-state index in [0.29, 0.717) is 12.1 Å². The summed E-state index contributed by atoms with van der Waals surface area (Å²) in [7, 11) is 4.19. The summed E-state index contributed by atoms with van der Waals surface area (Å²) < 4.78 is 0. The molecule has 1 aliphatic carbocycles. The molecule has 1 aromatic rings. The first-order chi connectivity index (χ1) is 7.65. The molecule has 1 fully saturated rings. The van der Waals surface area contributed by atoms with E-state index in [1.165, 1.54) is 11.3 Å². The predicted octanol–water partition coefficient (Wildman–Crippen LogP) is 1.65. The largest absolute Gasteiger partial charge is 0.382 e. The van der Waals surface area contributed by atoms with E-state index in [9.17, 15) is 0 Å². The van der Waals surface area contributed by atoms with Gasteiger partial charge in [-0.15, -0.1) is 0 Å². The lowest BCUT2D eigenvalue weighted by molar-refractivity contribution is 0.371. The van der Waals surface area contributed by atoms with Gasteiger partial charge in [-0.25, -0.2) is 0 Å². The fraction of sp³-hybridized carbons (Fsp3) is 0.538. The van der Waals surface area contributed by atoms with Crippen LogP contribution in [0.25, 0.3) is 0 Å². The van der Waals surface area contributed by atoms with Crippen LogP contribution in [0.3, 0.4) is 0 Å². The number of nitrogens with zero attached hydrogens (tertiary/aromatic N) is 1. The van der Waals surface area contributed by atoms with Gasteiger partial charge in [0.1, 0.15) is 0 Å². The van der Waals surface area contributed by atoms with Crippen molar-refractivity contribution in [1.29, 1.82) is 0 Å². The third-order valence-electron chi connectivity index (χ3n) is 3.04. The number of hydrogen-bond acceptors (Lipinski definition) is 3. The van der Waals surface area contributed by atoms with Gasteiger partial charge in [-0.1, -0.05) is 18.2 Å². The second kappa shape index (κ2) is 4.85. The van der Waals surface area contributed by atoms with E-state index < -0.39 is 0 Å². The lowest BCUT2D eigenvalue weighted by Crippen LogP contribution is -2.44. The zero-order valence-corrected chi connectivity index (χ0v) is 10.1. The number of nitrogens with two attached hydrogens (primary N) is 1. The van der Waals surface area contributed by atoms with Crippen LogP contribution in [0.4, 0.5) is 5.69 Å². The van der Waals surface area contributed by atoms with Crippen LogP contribution in [-0.4, -0.2) is 31.1 Å². The minimum absolute atomic E-state index is 0.401. The first-order valence-electron chi connectivity index (χ1n) is 5.90. The summed E-state index contributed by atoms with van der Waals surface area (Å²) in [6, 6.07) is 9.48. The van der Waals surface area contributed by atoms with Gasteiger partial charge >= 0.3 is 0 Å². The van der Waals surface area contributed by atoms with E-state index in [1.54, 1.807) is 0 Å². The Labute approximate surface area is 97.6 Å². The third-order valence-corrected chi connectivity index (χ3v) is 3.04. The van der Waals surface area contributed by atoms with E-state index in [2.05, 4.69) is 48.6 Å². The molecule has 1 saturated carbocycles. The Morgan fingerprint density at radius 3 is 2.62 bits per heavy atom. The standard InChI is InChI=1S/C13H21N3/c1-16(2)9-10-5-3-4-6-13(10)15-12-7-11(14)8-12/h3-6,11-12,15H,7-9,14H2,1-2H3. The van der Waals surface area contributed by atoms with Crippen molar-refractivity contribution in [2.45, 2.75) is 31.5 Å². The van der Waals surface area contributed by atoms with Crippen molar-refractivity contribution in [3.63, 3.8) is 0 Å². The van der Waals surface area contributed by atoms with Crippen molar-refractivity contribution in [3.8, 4) is 0 Å². The fourth-order valence-corrected chi connectivity index (χ4v) is 2.14.